The number of fused-ring (bicyclic) bond motifs is 3. The van der Waals surface area contributed by atoms with E-state index >= 15 is 0 Å². The maximum Gasteiger partial charge on any atom is 0.138 e. The van der Waals surface area contributed by atoms with Gasteiger partial charge in [0.25, 0.3) is 0 Å². The standard InChI is InChI=1S/C32H21N5/c1-2-9-22(10-3-1)28-19-23(20-29(35-28)27-12-6-7-17-34-27)26-13-8-15-32(36-26)37-30-14-5-4-11-24(30)25-21-33-18-16-31(25)37/h1-21H. The fraction of sp³-hybridized carbons (Fsp3) is 0. The zero-order valence-corrected chi connectivity index (χ0v) is 19.9. The topological polar surface area (TPSA) is 56.5 Å². The van der Waals surface area contributed by atoms with Crippen LogP contribution in [0.25, 0.3) is 61.5 Å². The first-order chi connectivity index (χ1) is 18.3. The van der Waals surface area contributed by atoms with Crippen LogP contribution >= 0.6 is 0 Å². The summed E-state index contributed by atoms with van der Waals surface area (Å²) in [6, 6.07) is 36.8. The van der Waals surface area contributed by atoms with Crippen LogP contribution in [-0.4, -0.2) is 24.5 Å². The summed E-state index contributed by atoms with van der Waals surface area (Å²) in [7, 11) is 0. The number of hydrogen-bond acceptors (Lipinski definition) is 4. The van der Waals surface area contributed by atoms with Gasteiger partial charge in [0.15, 0.2) is 0 Å². The molecule has 7 aromatic rings. The highest BCUT2D eigenvalue weighted by atomic mass is 15.1. The Morgan fingerprint density at radius 2 is 1.27 bits per heavy atom. The second kappa shape index (κ2) is 8.81. The Morgan fingerprint density at radius 1 is 0.486 bits per heavy atom. The van der Waals surface area contributed by atoms with Crippen LogP contribution in [0.1, 0.15) is 0 Å². The highest BCUT2D eigenvalue weighted by Crippen LogP contribution is 2.33. The van der Waals surface area contributed by atoms with E-state index in [9.17, 15) is 0 Å². The predicted octanol–water partition coefficient (Wildman–Crippen LogP) is 7.36. The molecule has 0 bridgehead atoms. The fourth-order valence-corrected chi connectivity index (χ4v) is 4.85. The van der Waals surface area contributed by atoms with Crippen molar-refractivity contribution in [3.63, 3.8) is 0 Å². The third-order valence-electron chi connectivity index (χ3n) is 6.56. The number of rotatable bonds is 4. The summed E-state index contributed by atoms with van der Waals surface area (Å²) in [5, 5.41) is 2.27. The average Bonchev–Trinajstić information content (AvgIpc) is 3.32. The molecule has 0 aliphatic carbocycles. The Hall–Kier alpha value is -5.16. The van der Waals surface area contributed by atoms with E-state index < -0.39 is 0 Å². The van der Waals surface area contributed by atoms with Gasteiger partial charge in [-0.15, -0.1) is 0 Å². The summed E-state index contributed by atoms with van der Waals surface area (Å²) in [4.78, 5) is 19.0. The molecule has 0 spiro atoms. The third kappa shape index (κ3) is 3.74. The van der Waals surface area contributed by atoms with Gasteiger partial charge in [0.05, 0.1) is 33.8 Å². The Bertz CT molecular complexity index is 1760. The summed E-state index contributed by atoms with van der Waals surface area (Å²) in [5.41, 5.74) is 7.60. The molecule has 5 nitrogen and oxygen atoms in total. The smallest absolute Gasteiger partial charge is 0.138 e. The molecule has 5 heteroatoms. The fourth-order valence-electron chi connectivity index (χ4n) is 4.85. The van der Waals surface area contributed by atoms with Gasteiger partial charge in [0, 0.05) is 40.5 Å². The van der Waals surface area contributed by atoms with Crippen LogP contribution in [0.5, 0.6) is 0 Å². The number of nitrogens with zero attached hydrogens (tertiary/aromatic N) is 5. The molecule has 5 aromatic heterocycles. The lowest BCUT2D eigenvalue weighted by Crippen LogP contribution is -1.99. The van der Waals surface area contributed by atoms with E-state index in [2.05, 4.69) is 75.2 Å². The lowest BCUT2D eigenvalue weighted by Gasteiger charge is -2.12. The highest BCUT2D eigenvalue weighted by Gasteiger charge is 2.15. The van der Waals surface area contributed by atoms with E-state index in [1.54, 1.807) is 6.20 Å². The number of aromatic nitrogens is 5. The van der Waals surface area contributed by atoms with Gasteiger partial charge in [0.2, 0.25) is 0 Å². The molecule has 0 aliphatic rings. The molecule has 2 aromatic carbocycles. The van der Waals surface area contributed by atoms with E-state index in [-0.39, 0.29) is 0 Å². The summed E-state index contributed by atoms with van der Waals surface area (Å²) in [5.74, 6) is 0.854. The molecule has 0 N–H and O–H groups in total. The first-order valence-corrected chi connectivity index (χ1v) is 12.1. The zero-order chi connectivity index (χ0) is 24.6. The Balaban J connectivity index is 1.44. The third-order valence-corrected chi connectivity index (χ3v) is 6.56. The van der Waals surface area contributed by atoms with Gasteiger partial charge in [-0.05, 0) is 48.5 Å². The van der Waals surface area contributed by atoms with Crippen molar-refractivity contribution in [1.29, 1.82) is 0 Å². The predicted molar refractivity (Wildman–Crippen MR) is 148 cm³/mol. The zero-order valence-electron chi connectivity index (χ0n) is 19.9. The second-order valence-electron chi connectivity index (χ2n) is 8.83. The van der Waals surface area contributed by atoms with E-state index in [4.69, 9.17) is 9.97 Å². The monoisotopic (exact) mass is 475 g/mol. The second-order valence-corrected chi connectivity index (χ2v) is 8.83. The normalized spacial score (nSPS) is 11.2. The van der Waals surface area contributed by atoms with Gasteiger partial charge in [-0.1, -0.05) is 60.7 Å². The van der Waals surface area contributed by atoms with Crippen LogP contribution in [0.4, 0.5) is 0 Å². The van der Waals surface area contributed by atoms with Crippen molar-refractivity contribution >= 4 is 21.8 Å². The first kappa shape index (κ1) is 21.1. The summed E-state index contributed by atoms with van der Waals surface area (Å²) in [6.07, 6.45) is 5.55. The van der Waals surface area contributed by atoms with Crippen molar-refractivity contribution in [3.05, 3.63) is 128 Å². The molecule has 0 fully saturated rings. The van der Waals surface area contributed by atoms with Crippen molar-refractivity contribution in [2.24, 2.45) is 0 Å². The van der Waals surface area contributed by atoms with Crippen molar-refractivity contribution in [3.8, 4) is 39.7 Å². The van der Waals surface area contributed by atoms with Gasteiger partial charge in [-0.3, -0.25) is 14.5 Å². The molecule has 37 heavy (non-hydrogen) atoms. The van der Waals surface area contributed by atoms with Crippen LogP contribution in [-0.2, 0) is 0 Å². The van der Waals surface area contributed by atoms with E-state index in [0.717, 1.165) is 61.5 Å². The summed E-state index contributed by atoms with van der Waals surface area (Å²) in [6.45, 7) is 0. The minimum atomic E-state index is 0.812. The average molecular weight is 476 g/mol. The summed E-state index contributed by atoms with van der Waals surface area (Å²) < 4.78 is 2.20. The minimum absolute atomic E-state index is 0.812. The molecule has 0 unspecified atom stereocenters. The summed E-state index contributed by atoms with van der Waals surface area (Å²) >= 11 is 0. The van der Waals surface area contributed by atoms with Gasteiger partial charge < -0.3 is 0 Å². The number of pyridine rings is 4. The molecule has 5 heterocycles. The van der Waals surface area contributed by atoms with Crippen molar-refractivity contribution < 1.29 is 0 Å². The minimum Gasteiger partial charge on any atom is -0.294 e. The molecule has 0 radical (unpaired) electrons. The van der Waals surface area contributed by atoms with Crippen molar-refractivity contribution in [1.82, 2.24) is 24.5 Å². The SMILES string of the molecule is c1ccc(-c2cc(-c3cccc(-n4c5ccccc5c5cnccc54)n3)cc(-c3ccccn3)n2)cc1. The van der Waals surface area contributed by atoms with Crippen LogP contribution < -0.4 is 0 Å². The highest BCUT2D eigenvalue weighted by molar-refractivity contribution is 6.08. The van der Waals surface area contributed by atoms with Crippen LogP contribution in [0.2, 0.25) is 0 Å². The van der Waals surface area contributed by atoms with E-state index in [0.29, 0.717) is 0 Å². The van der Waals surface area contributed by atoms with Crippen LogP contribution in [0, 0.1) is 0 Å². The molecule has 7 rings (SSSR count). The number of benzene rings is 2. The van der Waals surface area contributed by atoms with Gasteiger partial charge in [-0.25, -0.2) is 9.97 Å². The molecule has 0 saturated heterocycles. The van der Waals surface area contributed by atoms with Gasteiger partial charge in [-0.2, -0.15) is 0 Å². The van der Waals surface area contributed by atoms with Crippen molar-refractivity contribution in [2.45, 2.75) is 0 Å². The van der Waals surface area contributed by atoms with E-state index in [1.165, 1.54) is 0 Å². The number of hydrogen-bond donors (Lipinski definition) is 0. The lowest BCUT2D eigenvalue weighted by molar-refractivity contribution is 1.08. The Morgan fingerprint density at radius 3 is 2.16 bits per heavy atom. The number of para-hydroxylation sites is 1. The maximum atomic E-state index is 5.15. The van der Waals surface area contributed by atoms with Crippen LogP contribution in [0.3, 0.4) is 0 Å². The molecule has 0 amide bonds. The first-order valence-electron chi connectivity index (χ1n) is 12.1. The van der Waals surface area contributed by atoms with E-state index in [1.807, 2.05) is 60.9 Å². The molecular weight excluding hydrogens is 454 g/mol. The largest absolute Gasteiger partial charge is 0.294 e. The lowest BCUT2D eigenvalue weighted by atomic mass is 10.0. The van der Waals surface area contributed by atoms with Crippen molar-refractivity contribution in [2.75, 3.05) is 0 Å². The maximum absolute atomic E-state index is 5.15. The van der Waals surface area contributed by atoms with Gasteiger partial charge >= 0.3 is 0 Å². The Kier molecular flexibility index (Phi) is 5.03. The van der Waals surface area contributed by atoms with Crippen LogP contribution in [0.15, 0.2) is 128 Å². The Labute approximate surface area is 213 Å². The van der Waals surface area contributed by atoms with Gasteiger partial charge in [0.1, 0.15) is 5.82 Å². The molecule has 0 atom stereocenters. The molecular formula is C32H21N5. The molecule has 0 saturated carbocycles. The molecule has 0 aliphatic heterocycles. The molecule has 174 valence electrons. The quantitative estimate of drug-likeness (QED) is 0.267.